The number of piperidine rings is 1. The molecule has 2 aliphatic rings. The zero-order valence-corrected chi connectivity index (χ0v) is 15.5. The van der Waals surface area contributed by atoms with Crippen LogP contribution in [0.4, 0.5) is 0 Å². The van der Waals surface area contributed by atoms with Crippen molar-refractivity contribution in [3.8, 4) is 0 Å². The van der Waals surface area contributed by atoms with Crippen LogP contribution in [-0.4, -0.2) is 45.7 Å². The van der Waals surface area contributed by atoms with Gasteiger partial charge in [-0.2, -0.15) is 0 Å². The molecule has 1 aliphatic carbocycles. The van der Waals surface area contributed by atoms with E-state index in [1.807, 2.05) is 45.6 Å². The molecule has 5 nitrogen and oxygen atoms in total. The molecule has 0 aromatic carbocycles. The summed E-state index contributed by atoms with van der Waals surface area (Å²) in [7, 11) is 0. The molecule has 2 fully saturated rings. The minimum Gasteiger partial charge on any atom is -0.337 e. The average Bonchev–Trinajstić information content (AvgIpc) is 3.39. The predicted molar refractivity (Wildman–Crippen MR) is 101 cm³/mol. The van der Waals surface area contributed by atoms with Crippen LogP contribution in [0.5, 0.6) is 0 Å². The Morgan fingerprint density at radius 1 is 1.23 bits per heavy atom. The molecule has 2 amide bonds. The first-order valence-electron chi connectivity index (χ1n) is 9.24. The van der Waals surface area contributed by atoms with E-state index in [1.165, 1.54) is 11.3 Å². The lowest BCUT2D eigenvalue weighted by molar-refractivity contribution is -0.138. The molecule has 1 aliphatic heterocycles. The molecule has 6 heteroatoms. The SMILES string of the molecule is O=C(c1cccs1)N1CCCC(C(=O)N(Cc2cccnc2)C2CC2)C1. The number of hydrogen-bond donors (Lipinski definition) is 0. The second-order valence-electron chi connectivity index (χ2n) is 7.13. The van der Waals surface area contributed by atoms with Gasteiger partial charge in [-0.3, -0.25) is 14.6 Å². The van der Waals surface area contributed by atoms with Crippen molar-refractivity contribution in [1.82, 2.24) is 14.8 Å². The molecule has 1 atom stereocenters. The van der Waals surface area contributed by atoms with Crippen molar-refractivity contribution in [2.75, 3.05) is 13.1 Å². The fraction of sp³-hybridized carbons (Fsp3) is 0.450. The summed E-state index contributed by atoms with van der Waals surface area (Å²) < 4.78 is 0. The lowest BCUT2D eigenvalue weighted by Gasteiger charge is -2.35. The Hall–Kier alpha value is -2.21. The molecule has 4 rings (SSSR count). The van der Waals surface area contributed by atoms with Gasteiger partial charge in [0, 0.05) is 38.1 Å². The molecule has 2 aromatic heterocycles. The van der Waals surface area contributed by atoms with Crippen LogP contribution in [-0.2, 0) is 11.3 Å². The molecule has 0 spiro atoms. The van der Waals surface area contributed by atoms with E-state index in [2.05, 4.69) is 4.98 Å². The summed E-state index contributed by atoms with van der Waals surface area (Å²) in [6.07, 6.45) is 7.49. The highest BCUT2D eigenvalue weighted by atomic mass is 32.1. The quantitative estimate of drug-likeness (QED) is 0.813. The fourth-order valence-corrected chi connectivity index (χ4v) is 4.31. The summed E-state index contributed by atoms with van der Waals surface area (Å²) >= 11 is 1.46. The Morgan fingerprint density at radius 3 is 2.81 bits per heavy atom. The fourth-order valence-electron chi connectivity index (χ4n) is 3.62. The molecule has 3 heterocycles. The van der Waals surface area contributed by atoms with Crippen LogP contribution in [0.1, 0.15) is 40.9 Å². The number of hydrogen-bond acceptors (Lipinski definition) is 4. The Bertz CT molecular complexity index is 759. The van der Waals surface area contributed by atoms with Crippen molar-refractivity contribution < 1.29 is 9.59 Å². The minimum absolute atomic E-state index is 0.0581. The topological polar surface area (TPSA) is 53.5 Å². The Balaban J connectivity index is 1.44. The summed E-state index contributed by atoms with van der Waals surface area (Å²) in [5.74, 6) is 0.160. The lowest BCUT2D eigenvalue weighted by Crippen LogP contribution is -2.47. The molecule has 1 unspecified atom stereocenters. The van der Waals surface area contributed by atoms with Crippen LogP contribution in [0.25, 0.3) is 0 Å². The van der Waals surface area contributed by atoms with Crippen molar-refractivity contribution >= 4 is 23.2 Å². The molecule has 136 valence electrons. The predicted octanol–water partition coefficient (Wildman–Crippen LogP) is 3.19. The Morgan fingerprint density at radius 2 is 2.12 bits per heavy atom. The van der Waals surface area contributed by atoms with Crippen LogP contribution in [0.3, 0.4) is 0 Å². The number of aromatic nitrogens is 1. The standard InChI is InChI=1S/C20H23N3O2S/c24-19(23(17-7-8-17)13-15-4-1-9-21-12-15)16-5-2-10-22(14-16)20(25)18-6-3-11-26-18/h1,3-4,6,9,11-12,16-17H,2,5,7-8,10,13-14H2. The molecule has 26 heavy (non-hydrogen) atoms. The van der Waals surface area contributed by atoms with Crippen molar-refractivity contribution in [1.29, 1.82) is 0 Å². The smallest absolute Gasteiger partial charge is 0.263 e. The monoisotopic (exact) mass is 369 g/mol. The highest BCUT2D eigenvalue weighted by molar-refractivity contribution is 7.12. The summed E-state index contributed by atoms with van der Waals surface area (Å²) in [6.45, 7) is 1.89. The third kappa shape index (κ3) is 3.80. The average molecular weight is 369 g/mol. The van der Waals surface area contributed by atoms with Crippen molar-refractivity contribution in [2.45, 2.75) is 38.3 Å². The van der Waals surface area contributed by atoms with E-state index in [4.69, 9.17) is 0 Å². The highest BCUT2D eigenvalue weighted by Gasteiger charge is 2.38. The van der Waals surface area contributed by atoms with E-state index in [9.17, 15) is 9.59 Å². The van der Waals surface area contributed by atoms with Crippen molar-refractivity contribution in [3.05, 3.63) is 52.5 Å². The zero-order chi connectivity index (χ0) is 17.9. The second kappa shape index (κ2) is 7.58. The number of carbonyl (C=O) groups excluding carboxylic acids is 2. The summed E-state index contributed by atoms with van der Waals surface area (Å²) in [5.41, 5.74) is 1.06. The van der Waals surface area contributed by atoms with Crippen LogP contribution < -0.4 is 0 Å². The van der Waals surface area contributed by atoms with E-state index >= 15 is 0 Å². The molecule has 1 saturated heterocycles. The summed E-state index contributed by atoms with van der Waals surface area (Å²) in [4.78, 5) is 34.6. The van der Waals surface area contributed by atoms with Gasteiger partial charge < -0.3 is 9.80 Å². The van der Waals surface area contributed by atoms with Gasteiger partial charge in [-0.05, 0) is 48.8 Å². The number of pyridine rings is 1. The van der Waals surface area contributed by atoms with Gasteiger partial charge in [0.15, 0.2) is 0 Å². The van der Waals surface area contributed by atoms with Gasteiger partial charge >= 0.3 is 0 Å². The van der Waals surface area contributed by atoms with Crippen LogP contribution in [0, 0.1) is 5.92 Å². The van der Waals surface area contributed by atoms with Gasteiger partial charge in [0.25, 0.3) is 5.91 Å². The number of amides is 2. The van der Waals surface area contributed by atoms with E-state index in [0.29, 0.717) is 19.1 Å². The summed E-state index contributed by atoms with van der Waals surface area (Å²) in [6, 6.07) is 8.03. The maximum absolute atomic E-state index is 13.2. The van der Waals surface area contributed by atoms with Crippen LogP contribution >= 0.6 is 11.3 Å². The Labute approximate surface area is 157 Å². The van der Waals surface area contributed by atoms with Gasteiger partial charge in [-0.1, -0.05) is 12.1 Å². The van der Waals surface area contributed by atoms with Crippen LogP contribution in [0.15, 0.2) is 42.0 Å². The number of rotatable bonds is 5. The van der Waals surface area contributed by atoms with Gasteiger partial charge in [-0.25, -0.2) is 0 Å². The molecule has 2 aromatic rings. The molecule has 0 N–H and O–H groups in total. The molecular formula is C20H23N3O2S. The van der Waals surface area contributed by atoms with Crippen LogP contribution in [0.2, 0.25) is 0 Å². The lowest BCUT2D eigenvalue weighted by atomic mass is 9.96. The van der Waals surface area contributed by atoms with E-state index < -0.39 is 0 Å². The second-order valence-corrected chi connectivity index (χ2v) is 8.07. The maximum Gasteiger partial charge on any atom is 0.263 e. The molecular weight excluding hydrogens is 346 g/mol. The molecule has 0 bridgehead atoms. The van der Waals surface area contributed by atoms with E-state index in [0.717, 1.165) is 42.7 Å². The maximum atomic E-state index is 13.2. The third-order valence-electron chi connectivity index (χ3n) is 5.14. The molecule has 1 saturated carbocycles. The van der Waals surface area contributed by atoms with E-state index in [-0.39, 0.29) is 17.7 Å². The normalized spacial score (nSPS) is 20.0. The number of carbonyl (C=O) groups is 2. The largest absolute Gasteiger partial charge is 0.337 e. The number of likely N-dealkylation sites (tertiary alicyclic amines) is 1. The van der Waals surface area contributed by atoms with Gasteiger partial charge in [-0.15, -0.1) is 11.3 Å². The van der Waals surface area contributed by atoms with Gasteiger partial charge in [0.05, 0.1) is 10.8 Å². The molecule has 0 radical (unpaired) electrons. The van der Waals surface area contributed by atoms with Crippen molar-refractivity contribution in [2.24, 2.45) is 5.92 Å². The van der Waals surface area contributed by atoms with Gasteiger partial charge in [0.2, 0.25) is 5.91 Å². The number of thiophene rings is 1. The first-order chi connectivity index (χ1) is 12.7. The number of nitrogens with zero attached hydrogens (tertiary/aromatic N) is 3. The Kier molecular flexibility index (Phi) is 5.02. The van der Waals surface area contributed by atoms with Crippen molar-refractivity contribution in [3.63, 3.8) is 0 Å². The zero-order valence-electron chi connectivity index (χ0n) is 14.7. The van der Waals surface area contributed by atoms with E-state index in [1.54, 1.807) is 6.20 Å². The first kappa shape index (κ1) is 17.2. The van der Waals surface area contributed by atoms with Gasteiger partial charge in [0.1, 0.15) is 0 Å². The highest BCUT2D eigenvalue weighted by Crippen LogP contribution is 2.31. The summed E-state index contributed by atoms with van der Waals surface area (Å²) in [5, 5.41) is 1.92. The third-order valence-corrected chi connectivity index (χ3v) is 5.99. The first-order valence-corrected chi connectivity index (χ1v) is 10.1. The minimum atomic E-state index is -0.0927.